The van der Waals surface area contributed by atoms with Crippen LogP contribution in [0.3, 0.4) is 0 Å². The van der Waals surface area contributed by atoms with E-state index in [2.05, 4.69) is 10.3 Å². The number of carboxylic acids is 1. The van der Waals surface area contributed by atoms with Crippen molar-refractivity contribution in [1.82, 2.24) is 10.3 Å². The number of rotatable bonds is 5. The standard InChI is InChI=1S/C15H18N2O4S/c1-5-15(4,14(19)20)17-12(18)11-9(3)16-13(22-11)10-7-6-8(2)21-10/h6-7H,5H2,1-4H3,(H,17,18)(H,19,20). The van der Waals surface area contributed by atoms with E-state index in [1.165, 1.54) is 18.3 Å². The maximum atomic E-state index is 12.4. The minimum atomic E-state index is -1.30. The molecule has 2 aromatic rings. The van der Waals surface area contributed by atoms with Crippen LogP contribution in [0, 0.1) is 13.8 Å². The molecule has 118 valence electrons. The van der Waals surface area contributed by atoms with Crippen LogP contribution in [0.5, 0.6) is 0 Å². The molecular weight excluding hydrogens is 304 g/mol. The zero-order valence-electron chi connectivity index (χ0n) is 12.9. The van der Waals surface area contributed by atoms with Crippen LogP contribution in [-0.2, 0) is 4.79 Å². The maximum Gasteiger partial charge on any atom is 0.329 e. The van der Waals surface area contributed by atoms with Crippen molar-refractivity contribution in [3.63, 3.8) is 0 Å². The largest absolute Gasteiger partial charge is 0.480 e. The van der Waals surface area contributed by atoms with E-state index in [0.717, 1.165) is 5.76 Å². The summed E-state index contributed by atoms with van der Waals surface area (Å²) in [5.74, 6) is -0.136. The molecular formula is C15H18N2O4S. The van der Waals surface area contributed by atoms with Gasteiger partial charge in [-0.05, 0) is 39.3 Å². The van der Waals surface area contributed by atoms with Crippen LogP contribution in [0.1, 0.15) is 41.4 Å². The van der Waals surface area contributed by atoms with E-state index in [1.54, 1.807) is 19.9 Å². The van der Waals surface area contributed by atoms with Crippen LogP contribution < -0.4 is 5.32 Å². The fourth-order valence-electron chi connectivity index (χ4n) is 1.86. The SMILES string of the molecule is CCC(C)(NC(=O)c1sc(-c2ccc(C)o2)nc1C)C(=O)O. The van der Waals surface area contributed by atoms with Crippen molar-refractivity contribution >= 4 is 23.2 Å². The van der Waals surface area contributed by atoms with Crippen LogP contribution in [0.4, 0.5) is 0 Å². The van der Waals surface area contributed by atoms with Gasteiger partial charge in [-0.2, -0.15) is 0 Å². The third kappa shape index (κ3) is 3.04. The molecule has 1 unspecified atom stereocenters. The molecule has 7 heteroatoms. The number of carbonyl (C=O) groups is 2. The normalized spacial score (nSPS) is 13.6. The molecule has 0 spiro atoms. The maximum absolute atomic E-state index is 12.4. The zero-order chi connectivity index (χ0) is 16.5. The van der Waals surface area contributed by atoms with E-state index >= 15 is 0 Å². The minimum absolute atomic E-state index is 0.288. The lowest BCUT2D eigenvalue weighted by atomic mass is 9.99. The highest BCUT2D eigenvalue weighted by Gasteiger charge is 2.34. The molecule has 1 atom stereocenters. The lowest BCUT2D eigenvalue weighted by Crippen LogP contribution is -2.51. The molecule has 2 aromatic heterocycles. The molecule has 0 aromatic carbocycles. The lowest BCUT2D eigenvalue weighted by Gasteiger charge is -2.24. The third-order valence-corrected chi connectivity index (χ3v) is 4.69. The van der Waals surface area contributed by atoms with Gasteiger partial charge < -0.3 is 14.8 Å². The monoisotopic (exact) mass is 322 g/mol. The average molecular weight is 322 g/mol. The highest BCUT2D eigenvalue weighted by atomic mass is 32.1. The minimum Gasteiger partial charge on any atom is -0.480 e. The fourth-order valence-corrected chi connectivity index (χ4v) is 2.79. The molecule has 0 saturated carbocycles. The smallest absolute Gasteiger partial charge is 0.329 e. The number of nitrogens with zero attached hydrogens (tertiary/aromatic N) is 1. The summed E-state index contributed by atoms with van der Waals surface area (Å²) < 4.78 is 5.50. The molecule has 0 radical (unpaired) electrons. The van der Waals surface area contributed by atoms with Gasteiger partial charge in [0.15, 0.2) is 10.8 Å². The van der Waals surface area contributed by atoms with E-state index in [4.69, 9.17) is 4.42 Å². The number of thiazole rings is 1. The summed E-state index contributed by atoms with van der Waals surface area (Å²) in [6, 6.07) is 3.62. The van der Waals surface area contributed by atoms with E-state index in [-0.39, 0.29) is 6.42 Å². The number of carbonyl (C=O) groups excluding carboxylic acids is 1. The van der Waals surface area contributed by atoms with E-state index in [0.29, 0.717) is 21.3 Å². The second-order valence-electron chi connectivity index (χ2n) is 5.29. The second-order valence-corrected chi connectivity index (χ2v) is 6.29. The fraction of sp³-hybridized carbons (Fsp3) is 0.400. The molecule has 0 aliphatic rings. The predicted octanol–water partition coefficient (Wildman–Crippen LogP) is 3.00. The molecule has 0 saturated heterocycles. The Morgan fingerprint density at radius 3 is 2.59 bits per heavy atom. The summed E-state index contributed by atoms with van der Waals surface area (Å²) in [6.45, 7) is 6.75. The van der Waals surface area contributed by atoms with Gasteiger partial charge in [0.25, 0.3) is 5.91 Å². The van der Waals surface area contributed by atoms with Crippen molar-refractivity contribution in [2.24, 2.45) is 0 Å². The summed E-state index contributed by atoms with van der Waals surface area (Å²) >= 11 is 1.19. The molecule has 0 aliphatic carbocycles. The summed E-state index contributed by atoms with van der Waals surface area (Å²) in [5, 5.41) is 12.4. The topological polar surface area (TPSA) is 92.4 Å². The molecule has 0 aliphatic heterocycles. The van der Waals surface area contributed by atoms with E-state index < -0.39 is 17.4 Å². The van der Waals surface area contributed by atoms with Gasteiger partial charge in [-0.1, -0.05) is 6.92 Å². The molecule has 1 amide bonds. The van der Waals surface area contributed by atoms with Gasteiger partial charge in [-0.15, -0.1) is 11.3 Å². The number of aliphatic carboxylic acids is 1. The first kappa shape index (κ1) is 16.2. The van der Waals surface area contributed by atoms with Gasteiger partial charge in [0, 0.05) is 0 Å². The molecule has 0 fully saturated rings. The van der Waals surface area contributed by atoms with Crippen LogP contribution in [0.25, 0.3) is 10.8 Å². The lowest BCUT2D eigenvalue weighted by molar-refractivity contribution is -0.143. The average Bonchev–Trinajstić information content (AvgIpc) is 3.04. The van der Waals surface area contributed by atoms with Crippen LogP contribution >= 0.6 is 11.3 Å². The summed E-state index contributed by atoms with van der Waals surface area (Å²) in [4.78, 5) is 28.4. The van der Waals surface area contributed by atoms with Crippen molar-refractivity contribution in [2.45, 2.75) is 39.7 Å². The Bertz CT molecular complexity index is 719. The highest BCUT2D eigenvalue weighted by Crippen LogP contribution is 2.29. The number of hydrogen-bond acceptors (Lipinski definition) is 5. The Labute approximate surface area is 132 Å². The summed E-state index contributed by atoms with van der Waals surface area (Å²) in [6.07, 6.45) is 0.288. The Hall–Kier alpha value is -2.15. The number of aromatic nitrogens is 1. The van der Waals surface area contributed by atoms with E-state index in [9.17, 15) is 14.7 Å². The third-order valence-electron chi connectivity index (χ3n) is 3.52. The Kier molecular flexibility index (Phi) is 4.37. The molecule has 0 bridgehead atoms. The van der Waals surface area contributed by atoms with Crippen molar-refractivity contribution < 1.29 is 19.1 Å². The Morgan fingerprint density at radius 1 is 1.41 bits per heavy atom. The van der Waals surface area contributed by atoms with Gasteiger partial charge in [-0.25, -0.2) is 9.78 Å². The number of furan rings is 1. The second kappa shape index (κ2) is 5.92. The summed E-state index contributed by atoms with van der Waals surface area (Å²) in [7, 11) is 0. The number of amides is 1. The van der Waals surface area contributed by atoms with Crippen molar-refractivity contribution in [3.05, 3.63) is 28.5 Å². The number of aryl methyl sites for hydroxylation is 2. The van der Waals surface area contributed by atoms with Gasteiger partial charge in [-0.3, -0.25) is 4.79 Å². The quantitative estimate of drug-likeness (QED) is 0.882. The first-order valence-corrected chi connectivity index (χ1v) is 7.68. The number of carboxylic acid groups (broad SMARTS) is 1. The highest BCUT2D eigenvalue weighted by molar-refractivity contribution is 7.17. The predicted molar refractivity (Wildman–Crippen MR) is 83.1 cm³/mol. The van der Waals surface area contributed by atoms with Gasteiger partial charge in [0.2, 0.25) is 0 Å². The van der Waals surface area contributed by atoms with Gasteiger partial charge in [0.1, 0.15) is 16.2 Å². The summed E-state index contributed by atoms with van der Waals surface area (Å²) in [5.41, 5.74) is -0.745. The molecule has 2 heterocycles. The molecule has 2 N–H and O–H groups in total. The molecule has 6 nitrogen and oxygen atoms in total. The van der Waals surface area contributed by atoms with Gasteiger partial charge in [0.05, 0.1) is 5.69 Å². The van der Waals surface area contributed by atoms with Crippen LogP contribution in [0.2, 0.25) is 0 Å². The molecule has 22 heavy (non-hydrogen) atoms. The first-order valence-electron chi connectivity index (χ1n) is 6.87. The number of hydrogen-bond donors (Lipinski definition) is 2. The van der Waals surface area contributed by atoms with Crippen LogP contribution in [-0.4, -0.2) is 27.5 Å². The van der Waals surface area contributed by atoms with Crippen molar-refractivity contribution in [1.29, 1.82) is 0 Å². The first-order chi connectivity index (χ1) is 10.3. The molecule has 2 rings (SSSR count). The van der Waals surface area contributed by atoms with Crippen molar-refractivity contribution in [3.8, 4) is 10.8 Å². The van der Waals surface area contributed by atoms with Gasteiger partial charge >= 0.3 is 5.97 Å². The zero-order valence-corrected chi connectivity index (χ0v) is 13.7. The number of nitrogens with one attached hydrogen (secondary N) is 1. The van der Waals surface area contributed by atoms with Crippen LogP contribution in [0.15, 0.2) is 16.5 Å². The van der Waals surface area contributed by atoms with E-state index in [1.807, 2.05) is 13.0 Å². The van der Waals surface area contributed by atoms with Crippen molar-refractivity contribution in [2.75, 3.05) is 0 Å². The Morgan fingerprint density at radius 2 is 2.09 bits per heavy atom. The Balaban J connectivity index is 2.28.